The molecule has 0 aliphatic carbocycles. The Labute approximate surface area is 90.9 Å². The lowest BCUT2D eigenvalue weighted by atomic mass is 10.1. The Morgan fingerprint density at radius 2 is 1.93 bits per heavy atom. The summed E-state index contributed by atoms with van der Waals surface area (Å²) in [7, 11) is 0. The Hall–Kier alpha value is -1.49. The van der Waals surface area contributed by atoms with Crippen LogP contribution in [0.1, 0.15) is 11.4 Å². The van der Waals surface area contributed by atoms with Crippen LogP contribution >= 0.6 is 11.5 Å². The molecule has 0 saturated carbocycles. The van der Waals surface area contributed by atoms with Gasteiger partial charge in [0, 0.05) is 18.0 Å². The molecule has 0 fully saturated rings. The molecule has 0 bridgehead atoms. The zero-order valence-electron chi connectivity index (χ0n) is 7.98. The molecule has 78 valence electrons. The molecule has 15 heavy (non-hydrogen) atoms. The van der Waals surface area contributed by atoms with Gasteiger partial charge in [-0.15, -0.1) is 0 Å². The van der Waals surface area contributed by atoms with E-state index in [0.29, 0.717) is 5.13 Å². The number of aryl methyl sites for hydroxylation is 2. The van der Waals surface area contributed by atoms with Crippen molar-refractivity contribution in [3.05, 3.63) is 41.5 Å². The molecular weight excluding hydrogens is 213 g/mol. The summed E-state index contributed by atoms with van der Waals surface area (Å²) < 4.78 is 16.7. The summed E-state index contributed by atoms with van der Waals surface area (Å²) in [6, 6.07) is 6.45. The van der Waals surface area contributed by atoms with E-state index in [9.17, 15) is 4.39 Å². The van der Waals surface area contributed by atoms with Crippen molar-refractivity contribution in [2.45, 2.75) is 12.8 Å². The van der Waals surface area contributed by atoms with Crippen molar-refractivity contribution in [1.29, 1.82) is 0 Å². The molecule has 1 aromatic heterocycles. The van der Waals surface area contributed by atoms with Gasteiger partial charge in [-0.05, 0) is 24.1 Å². The molecule has 0 atom stereocenters. The van der Waals surface area contributed by atoms with Crippen LogP contribution in [0.4, 0.5) is 9.52 Å². The minimum Gasteiger partial charge on any atom is -0.374 e. The van der Waals surface area contributed by atoms with Crippen LogP contribution in [0.2, 0.25) is 0 Å². The van der Waals surface area contributed by atoms with Gasteiger partial charge < -0.3 is 5.73 Å². The van der Waals surface area contributed by atoms with Crippen molar-refractivity contribution in [2.24, 2.45) is 0 Å². The van der Waals surface area contributed by atoms with Gasteiger partial charge in [0.25, 0.3) is 0 Å². The standard InChI is InChI=1S/C10H10FN3S/c11-8-4-1-7(2-5-8)3-6-9-13-10(12)15-14-9/h1-2,4-5H,3,6H2,(H2,12,13,14). The molecule has 1 aromatic carbocycles. The van der Waals surface area contributed by atoms with Crippen LogP contribution < -0.4 is 5.73 Å². The van der Waals surface area contributed by atoms with Crippen LogP contribution in [-0.2, 0) is 12.8 Å². The molecule has 0 aliphatic heterocycles. The lowest BCUT2D eigenvalue weighted by Crippen LogP contribution is -1.94. The average Bonchev–Trinajstić information content (AvgIpc) is 2.64. The number of halogens is 1. The van der Waals surface area contributed by atoms with Gasteiger partial charge >= 0.3 is 0 Å². The second-order valence-electron chi connectivity index (χ2n) is 3.18. The van der Waals surface area contributed by atoms with Crippen LogP contribution in [-0.4, -0.2) is 9.36 Å². The molecule has 2 rings (SSSR count). The van der Waals surface area contributed by atoms with Crippen LogP contribution in [0.25, 0.3) is 0 Å². The SMILES string of the molecule is Nc1nc(CCc2ccc(F)cc2)ns1. The third-order valence-corrected chi connectivity index (χ3v) is 2.61. The van der Waals surface area contributed by atoms with E-state index in [1.807, 2.05) is 0 Å². The number of nitrogen functional groups attached to an aromatic ring is 1. The third kappa shape index (κ3) is 2.73. The van der Waals surface area contributed by atoms with Crippen LogP contribution in [0.5, 0.6) is 0 Å². The van der Waals surface area contributed by atoms with E-state index in [1.54, 1.807) is 12.1 Å². The Balaban J connectivity index is 1.96. The van der Waals surface area contributed by atoms with Crippen molar-refractivity contribution in [3.8, 4) is 0 Å². The Bertz CT molecular complexity index is 438. The molecule has 2 aromatic rings. The minimum absolute atomic E-state index is 0.213. The molecule has 1 heterocycles. The number of hydrogen-bond donors (Lipinski definition) is 1. The van der Waals surface area contributed by atoms with Gasteiger partial charge in [-0.2, -0.15) is 4.37 Å². The number of hydrogen-bond acceptors (Lipinski definition) is 4. The second kappa shape index (κ2) is 4.35. The summed E-state index contributed by atoms with van der Waals surface area (Å²) in [5.41, 5.74) is 6.54. The summed E-state index contributed by atoms with van der Waals surface area (Å²) in [6.07, 6.45) is 1.54. The number of anilines is 1. The van der Waals surface area contributed by atoms with Gasteiger partial charge in [0.15, 0.2) is 5.13 Å². The zero-order valence-corrected chi connectivity index (χ0v) is 8.80. The summed E-state index contributed by atoms with van der Waals surface area (Å²) >= 11 is 1.20. The first-order valence-corrected chi connectivity index (χ1v) is 5.34. The van der Waals surface area contributed by atoms with Crippen molar-refractivity contribution in [3.63, 3.8) is 0 Å². The van der Waals surface area contributed by atoms with Crippen molar-refractivity contribution >= 4 is 16.7 Å². The van der Waals surface area contributed by atoms with E-state index in [1.165, 1.54) is 23.7 Å². The van der Waals surface area contributed by atoms with Gasteiger partial charge in [-0.25, -0.2) is 9.37 Å². The third-order valence-electron chi connectivity index (χ3n) is 2.03. The van der Waals surface area contributed by atoms with E-state index in [0.717, 1.165) is 24.2 Å². The first-order chi connectivity index (χ1) is 7.24. The molecule has 0 saturated heterocycles. The molecule has 0 spiro atoms. The first kappa shape index (κ1) is 10.0. The smallest absolute Gasteiger partial charge is 0.199 e. The molecule has 2 N–H and O–H groups in total. The van der Waals surface area contributed by atoms with Crippen LogP contribution in [0.15, 0.2) is 24.3 Å². The fraction of sp³-hybridized carbons (Fsp3) is 0.200. The van der Waals surface area contributed by atoms with E-state index >= 15 is 0 Å². The Kier molecular flexibility index (Phi) is 2.91. The van der Waals surface area contributed by atoms with Gasteiger partial charge in [0.05, 0.1) is 0 Å². The highest BCUT2D eigenvalue weighted by molar-refractivity contribution is 7.09. The van der Waals surface area contributed by atoms with Gasteiger partial charge in [-0.3, -0.25) is 0 Å². The van der Waals surface area contributed by atoms with E-state index in [4.69, 9.17) is 5.73 Å². The Morgan fingerprint density at radius 1 is 1.20 bits per heavy atom. The monoisotopic (exact) mass is 223 g/mol. The highest BCUT2D eigenvalue weighted by atomic mass is 32.1. The topological polar surface area (TPSA) is 51.8 Å². The normalized spacial score (nSPS) is 10.5. The van der Waals surface area contributed by atoms with Crippen LogP contribution in [0, 0.1) is 5.82 Å². The average molecular weight is 223 g/mol. The second-order valence-corrected chi connectivity index (χ2v) is 3.96. The number of rotatable bonds is 3. The predicted octanol–water partition coefficient (Wildman–Crippen LogP) is 2.04. The predicted molar refractivity (Wildman–Crippen MR) is 58.1 cm³/mol. The molecule has 0 aliphatic rings. The number of nitrogens with zero attached hydrogens (tertiary/aromatic N) is 2. The Morgan fingerprint density at radius 3 is 2.53 bits per heavy atom. The minimum atomic E-state index is -0.213. The highest BCUT2D eigenvalue weighted by Crippen LogP contribution is 2.09. The number of benzene rings is 1. The maximum absolute atomic E-state index is 12.6. The maximum atomic E-state index is 12.6. The summed E-state index contributed by atoms with van der Waals surface area (Å²) in [5, 5.41) is 0.490. The fourth-order valence-corrected chi connectivity index (χ4v) is 1.75. The lowest BCUT2D eigenvalue weighted by molar-refractivity contribution is 0.627. The van der Waals surface area contributed by atoms with E-state index in [-0.39, 0.29) is 5.82 Å². The zero-order chi connectivity index (χ0) is 10.7. The van der Waals surface area contributed by atoms with Gasteiger partial charge in [0.1, 0.15) is 11.6 Å². The fourth-order valence-electron chi connectivity index (χ4n) is 1.28. The highest BCUT2D eigenvalue weighted by Gasteiger charge is 2.01. The molecule has 0 radical (unpaired) electrons. The quantitative estimate of drug-likeness (QED) is 0.866. The lowest BCUT2D eigenvalue weighted by Gasteiger charge is -1.97. The van der Waals surface area contributed by atoms with Crippen molar-refractivity contribution in [1.82, 2.24) is 9.36 Å². The summed E-state index contributed by atoms with van der Waals surface area (Å²) in [4.78, 5) is 4.05. The molecule has 5 heteroatoms. The maximum Gasteiger partial charge on any atom is 0.199 e. The summed E-state index contributed by atoms with van der Waals surface area (Å²) in [6.45, 7) is 0. The van der Waals surface area contributed by atoms with Crippen molar-refractivity contribution < 1.29 is 4.39 Å². The van der Waals surface area contributed by atoms with Crippen LogP contribution in [0.3, 0.4) is 0 Å². The van der Waals surface area contributed by atoms with E-state index < -0.39 is 0 Å². The number of aromatic nitrogens is 2. The molecule has 0 amide bonds. The van der Waals surface area contributed by atoms with Crippen molar-refractivity contribution in [2.75, 3.05) is 5.73 Å². The van der Waals surface area contributed by atoms with E-state index in [2.05, 4.69) is 9.36 Å². The number of nitrogens with two attached hydrogens (primary N) is 1. The molecular formula is C10H10FN3S. The van der Waals surface area contributed by atoms with Gasteiger partial charge in [0.2, 0.25) is 0 Å². The molecule has 0 unspecified atom stereocenters. The summed E-state index contributed by atoms with van der Waals surface area (Å²) in [5.74, 6) is 0.539. The first-order valence-electron chi connectivity index (χ1n) is 4.56. The largest absolute Gasteiger partial charge is 0.374 e. The van der Waals surface area contributed by atoms with Gasteiger partial charge in [-0.1, -0.05) is 12.1 Å². The molecule has 3 nitrogen and oxygen atoms in total.